The van der Waals surface area contributed by atoms with Crippen LogP contribution in [-0.2, 0) is 4.74 Å². The van der Waals surface area contributed by atoms with Crippen LogP contribution in [0.25, 0.3) is 4.85 Å². The van der Waals surface area contributed by atoms with Crippen molar-refractivity contribution in [2.45, 2.75) is 0 Å². The van der Waals surface area contributed by atoms with E-state index in [0.717, 1.165) is 6.26 Å². The molecule has 0 aliphatic carbocycles. The minimum Gasteiger partial charge on any atom is -0.466 e. The molecule has 0 spiro atoms. The number of anilines is 1. The van der Waals surface area contributed by atoms with E-state index in [4.69, 9.17) is 12.3 Å². The van der Waals surface area contributed by atoms with E-state index in [1.165, 1.54) is 7.11 Å². The van der Waals surface area contributed by atoms with Crippen LogP contribution in [0.5, 0.6) is 0 Å². The zero-order valence-electron chi connectivity index (χ0n) is 6.33. The molecule has 0 unspecified atom stereocenters. The number of carbonyl (C=O) groups is 1. The molecule has 0 aromatic carbocycles. The Morgan fingerprint density at radius 3 is 3.00 bits per heavy atom. The van der Waals surface area contributed by atoms with Gasteiger partial charge in [-0.05, 0) is 0 Å². The molecule has 1 aromatic heterocycles. The molecule has 0 atom stereocenters. The van der Waals surface area contributed by atoms with E-state index in [9.17, 15) is 4.79 Å². The Morgan fingerprint density at radius 1 is 1.83 bits per heavy atom. The normalized spacial score (nSPS) is 9.00. The number of rotatable bonds is 1. The highest BCUT2D eigenvalue weighted by Crippen LogP contribution is 2.29. The van der Waals surface area contributed by atoms with E-state index in [2.05, 4.69) is 14.0 Å². The number of hydrogen-bond donors (Lipinski definition) is 1. The molecule has 0 aliphatic rings. The van der Waals surface area contributed by atoms with E-state index in [-0.39, 0.29) is 17.1 Å². The molecule has 0 aliphatic heterocycles. The Labute approximate surface area is 68.5 Å². The lowest BCUT2D eigenvalue weighted by Gasteiger charge is -1.93. The Balaban J connectivity index is 3.18. The summed E-state index contributed by atoms with van der Waals surface area (Å²) < 4.78 is 9.07. The predicted molar refractivity (Wildman–Crippen MR) is 40.7 cm³/mol. The SMILES string of the molecule is [C-]#[N+]c1c(C(=O)OC)coc1N. The molecule has 0 fully saturated rings. The smallest absolute Gasteiger partial charge is 0.330 e. The van der Waals surface area contributed by atoms with Gasteiger partial charge in [-0.3, -0.25) is 0 Å². The maximum Gasteiger partial charge on any atom is 0.330 e. The summed E-state index contributed by atoms with van der Waals surface area (Å²) in [5.74, 6) is -0.688. The average molecular weight is 166 g/mol. The van der Waals surface area contributed by atoms with E-state index in [1.807, 2.05) is 0 Å². The first-order valence-corrected chi connectivity index (χ1v) is 3.03. The fourth-order valence-corrected chi connectivity index (χ4v) is 0.737. The van der Waals surface area contributed by atoms with Gasteiger partial charge < -0.3 is 14.9 Å². The fraction of sp³-hybridized carbons (Fsp3) is 0.143. The van der Waals surface area contributed by atoms with Gasteiger partial charge in [0.25, 0.3) is 5.69 Å². The lowest BCUT2D eigenvalue weighted by atomic mass is 10.3. The molecule has 0 radical (unpaired) electrons. The minimum atomic E-state index is -0.624. The molecule has 5 heteroatoms. The topological polar surface area (TPSA) is 69.8 Å². The van der Waals surface area contributed by atoms with Gasteiger partial charge in [0.1, 0.15) is 5.56 Å². The van der Waals surface area contributed by atoms with Crippen LogP contribution in [0.4, 0.5) is 11.6 Å². The number of methoxy groups -OCH3 is 1. The number of furan rings is 1. The molecule has 0 saturated carbocycles. The molecular formula is C7H6N2O3. The first-order valence-electron chi connectivity index (χ1n) is 3.03. The second-order valence-corrected chi connectivity index (χ2v) is 1.97. The second-order valence-electron chi connectivity index (χ2n) is 1.97. The monoisotopic (exact) mass is 166 g/mol. The molecule has 2 N–H and O–H groups in total. The van der Waals surface area contributed by atoms with Gasteiger partial charge >= 0.3 is 5.97 Å². The summed E-state index contributed by atoms with van der Waals surface area (Å²) in [5, 5.41) is 0. The van der Waals surface area contributed by atoms with Gasteiger partial charge in [-0.15, -0.1) is 0 Å². The largest absolute Gasteiger partial charge is 0.466 e. The highest BCUT2D eigenvalue weighted by Gasteiger charge is 2.18. The van der Waals surface area contributed by atoms with Crippen molar-refractivity contribution in [3.63, 3.8) is 0 Å². The van der Waals surface area contributed by atoms with E-state index >= 15 is 0 Å². The number of nitrogens with zero attached hydrogens (tertiary/aromatic N) is 1. The van der Waals surface area contributed by atoms with Gasteiger partial charge in [-0.1, -0.05) is 0 Å². The zero-order valence-corrected chi connectivity index (χ0v) is 6.33. The quantitative estimate of drug-likeness (QED) is 0.502. The van der Waals surface area contributed by atoms with Crippen molar-refractivity contribution in [2.24, 2.45) is 0 Å². The number of nitrogens with two attached hydrogens (primary N) is 1. The Hall–Kier alpha value is -1.96. The number of esters is 1. The van der Waals surface area contributed by atoms with Crippen LogP contribution in [0.1, 0.15) is 10.4 Å². The number of nitrogen functional groups attached to an aromatic ring is 1. The predicted octanol–water partition coefficient (Wildman–Crippen LogP) is 1.20. The van der Waals surface area contributed by atoms with E-state index < -0.39 is 5.97 Å². The molecule has 62 valence electrons. The van der Waals surface area contributed by atoms with Crippen LogP contribution in [0, 0.1) is 6.57 Å². The maximum absolute atomic E-state index is 10.9. The molecule has 5 nitrogen and oxygen atoms in total. The van der Waals surface area contributed by atoms with Crippen LogP contribution >= 0.6 is 0 Å². The van der Waals surface area contributed by atoms with Crippen LogP contribution in [0.3, 0.4) is 0 Å². The molecule has 0 bridgehead atoms. The van der Waals surface area contributed by atoms with Gasteiger partial charge in [0.05, 0.1) is 19.9 Å². The first kappa shape index (κ1) is 8.14. The summed E-state index contributed by atoms with van der Waals surface area (Å²) in [6, 6.07) is 0. The van der Waals surface area contributed by atoms with Gasteiger partial charge in [-0.2, -0.15) is 0 Å². The molecule has 1 aromatic rings. The van der Waals surface area contributed by atoms with E-state index in [0.29, 0.717) is 0 Å². The molecule has 0 saturated heterocycles. The van der Waals surface area contributed by atoms with Crippen molar-refractivity contribution in [3.05, 3.63) is 23.2 Å². The van der Waals surface area contributed by atoms with Crippen molar-refractivity contribution >= 4 is 17.5 Å². The Kier molecular flexibility index (Phi) is 2.01. The highest BCUT2D eigenvalue weighted by molar-refractivity contribution is 5.98. The summed E-state index contributed by atoms with van der Waals surface area (Å²) in [6.07, 6.45) is 1.11. The lowest BCUT2D eigenvalue weighted by molar-refractivity contribution is 0.0601. The fourth-order valence-electron chi connectivity index (χ4n) is 0.737. The maximum atomic E-state index is 10.9. The second kappa shape index (κ2) is 2.96. The summed E-state index contributed by atoms with van der Waals surface area (Å²) in [5.41, 5.74) is 5.32. The minimum absolute atomic E-state index is 0.00171. The standard InChI is InChI=1S/C7H6N2O3/c1-9-5-4(7(10)11-2)3-12-6(5)8/h3H,8H2,2H3. The van der Waals surface area contributed by atoms with Gasteiger partial charge in [0.15, 0.2) is 5.88 Å². The molecule has 1 rings (SSSR count). The third-order valence-electron chi connectivity index (χ3n) is 1.31. The summed E-state index contributed by atoms with van der Waals surface area (Å²) in [4.78, 5) is 14.0. The van der Waals surface area contributed by atoms with Crippen molar-refractivity contribution in [2.75, 3.05) is 12.8 Å². The third-order valence-corrected chi connectivity index (χ3v) is 1.31. The van der Waals surface area contributed by atoms with Gasteiger partial charge in [-0.25, -0.2) is 9.64 Å². The lowest BCUT2D eigenvalue weighted by Crippen LogP contribution is -1.99. The number of carbonyl (C=O) groups excluding carboxylic acids is 1. The molecule has 0 amide bonds. The summed E-state index contributed by atoms with van der Waals surface area (Å²) in [6.45, 7) is 6.69. The van der Waals surface area contributed by atoms with Crippen LogP contribution in [-0.4, -0.2) is 13.1 Å². The average Bonchev–Trinajstić information content (AvgIpc) is 2.45. The van der Waals surface area contributed by atoms with Gasteiger partial charge in [0.2, 0.25) is 0 Å². The first-order chi connectivity index (χ1) is 5.70. The third kappa shape index (κ3) is 1.10. The van der Waals surface area contributed by atoms with Crippen LogP contribution in [0.15, 0.2) is 10.7 Å². The Morgan fingerprint density at radius 2 is 2.50 bits per heavy atom. The highest BCUT2D eigenvalue weighted by atomic mass is 16.5. The number of ether oxygens (including phenoxy) is 1. The Bertz CT molecular complexity index is 348. The van der Waals surface area contributed by atoms with Crippen molar-refractivity contribution < 1.29 is 13.9 Å². The van der Waals surface area contributed by atoms with Crippen molar-refractivity contribution in [1.82, 2.24) is 0 Å². The van der Waals surface area contributed by atoms with Crippen molar-refractivity contribution in [1.29, 1.82) is 0 Å². The molecular weight excluding hydrogens is 160 g/mol. The van der Waals surface area contributed by atoms with Crippen LogP contribution < -0.4 is 5.73 Å². The zero-order chi connectivity index (χ0) is 9.14. The van der Waals surface area contributed by atoms with Crippen molar-refractivity contribution in [3.8, 4) is 0 Å². The summed E-state index contributed by atoms with van der Waals surface area (Å²) >= 11 is 0. The number of hydrogen-bond acceptors (Lipinski definition) is 4. The molecule has 12 heavy (non-hydrogen) atoms. The molecule has 1 heterocycles. The van der Waals surface area contributed by atoms with Crippen LogP contribution in [0.2, 0.25) is 0 Å². The summed E-state index contributed by atoms with van der Waals surface area (Å²) in [7, 11) is 1.22. The van der Waals surface area contributed by atoms with E-state index in [1.54, 1.807) is 0 Å². The van der Waals surface area contributed by atoms with Gasteiger partial charge in [0, 0.05) is 0 Å².